The fourth-order valence-corrected chi connectivity index (χ4v) is 8.43. The molecule has 13 nitrogen and oxygen atoms in total. The highest BCUT2D eigenvalue weighted by Gasteiger charge is 2.51. The third kappa shape index (κ3) is 31.7. The largest absolute Gasteiger partial charge is 0.472 e. The third-order valence-electron chi connectivity index (χ3n) is 11.5. The fraction of sp³-hybridized carbons (Fsp3) is 0.800. The second-order valence-corrected chi connectivity index (χ2v) is 18.8. The molecule has 1 aliphatic rings. The zero-order chi connectivity index (χ0) is 47.1. The maximum absolute atomic E-state index is 12.8. The number of hydrogen-bond donors (Lipinski definition) is 6. The summed E-state index contributed by atoms with van der Waals surface area (Å²) in [5.74, 6) is -1.13. The molecular weight excluding hydrogens is 840 g/mol. The number of rotatable bonds is 41. The molecule has 0 aromatic rings. The van der Waals surface area contributed by atoms with Crippen LogP contribution in [0.25, 0.3) is 0 Å². The molecular formula is C50H89O13P. The highest BCUT2D eigenvalue weighted by molar-refractivity contribution is 7.47. The quantitative estimate of drug-likeness (QED) is 0.0111. The number of aliphatic hydroxyl groups is 5. The van der Waals surface area contributed by atoms with E-state index in [2.05, 4.69) is 38.2 Å². The molecule has 1 aliphatic carbocycles. The summed E-state index contributed by atoms with van der Waals surface area (Å²) >= 11 is 0. The zero-order valence-corrected chi connectivity index (χ0v) is 40.5. The minimum absolute atomic E-state index is 0.0719. The molecule has 14 heteroatoms. The van der Waals surface area contributed by atoms with E-state index in [0.29, 0.717) is 12.8 Å². The van der Waals surface area contributed by atoms with E-state index in [1.54, 1.807) is 0 Å². The Kier molecular flexibility index (Phi) is 37.3. The Morgan fingerprint density at radius 3 is 1.39 bits per heavy atom. The van der Waals surface area contributed by atoms with Crippen LogP contribution >= 0.6 is 7.82 Å². The first-order valence-corrected chi connectivity index (χ1v) is 26.5. The van der Waals surface area contributed by atoms with Gasteiger partial charge in [-0.2, -0.15) is 0 Å². The molecule has 0 saturated heterocycles. The van der Waals surface area contributed by atoms with Crippen molar-refractivity contribution in [1.82, 2.24) is 0 Å². The van der Waals surface area contributed by atoms with Crippen molar-refractivity contribution < 1.29 is 63.1 Å². The van der Waals surface area contributed by atoms with Crippen LogP contribution in [0.2, 0.25) is 0 Å². The lowest BCUT2D eigenvalue weighted by molar-refractivity contribution is -0.220. The first kappa shape index (κ1) is 59.8. The summed E-state index contributed by atoms with van der Waals surface area (Å²) in [4.78, 5) is 35.7. The standard InChI is InChI=1S/C50H89O13P/c1-3-5-7-9-11-13-15-17-18-19-20-21-22-23-24-25-27-28-30-32-34-36-38-43(51)60-40-42(41-61-64(58,59)63-50-48(56)46(54)45(53)47(55)49(50)57)62-44(52)39-37-35-33-31-29-26-16-14-12-10-8-6-4-2/h6,8,10,12,14,16,22-23,42,45-50,53-57H,3-5,7,9,11,13,15,17-21,24-41H2,1-2H3,(H,58,59)/b8-6+,12-10+,16-14+,23-22+/t42?,45?,46-,47?,48?,49?,50?/m0/s1. The van der Waals surface area contributed by atoms with Crippen LogP contribution in [0, 0.1) is 0 Å². The monoisotopic (exact) mass is 929 g/mol. The van der Waals surface area contributed by atoms with Crippen molar-refractivity contribution in [2.24, 2.45) is 0 Å². The van der Waals surface area contributed by atoms with Crippen LogP contribution in [0.3, 0.4) is 0 Å². The molecule has 1 rings (SSSR count). The van der Waals surface area contributed by atoms with Gasteiger partial charge in [0, 0.05) is 12.8 Å². The van der Waals surface area contributed by atoms with Gasteiger partial charge in [-0.25, -0.2) is 4.57 Å². The van der Waals surface area contributed by atoms with Crippen LogP contribution in [0.4, 0.5) is 0 Å². The van der Waals surface area contributed by atoms with Crippen LogP contribution in [0.1, 0.15) is 200 Å². The zero-order valence-electron chi connectivity index (χ0n) is 39.6. The van der Waals surface area contributed by atoms with E-state index in [-0.39, 0.29) is 12.8 Å². The first-order valence-electron chi connectivity index (χ1n) is 25.0. The van der Waals surface area contributed by atoms with Crippen LogP contribution in [0.5, 0.6) is 0 Å². The van der Waals surface area contributed by atoms with E-state index in [4.69, 9.17) is 18.5 Å². The molecule has 1 fully saturated rings. The SMILES string of the molecule is CC/C=C/C=C/C=C/CCCCCCCC(=O)OC(COC(=O)CCCCCCCCC/C=C/CCCCCCCCCCCCC)COP(=O)(O)OC1C(O)C(O)C(O)[C@H](O)C1O. The molecule has 0 aromatic carbocycles. The van der Waals surface area contributed by atoms with Crippen LogP contribution in [-0.4, -0.2) is 98.3 Å². The minimum atomic E-state index is -5.13. The molecule has 0 aromatic heterocycles. The molecule has 7 unspecified atom stereocenters. The summed E-state index contributed by atoms with van der Waals surface area (Å²) in [6.07, 6.45) is 34.6. The maximum atomic E-state index is 12.8. The predicted octanol–water partition coefficient (Wildman–Crippen LogP) is 10.3. The van der Waals surface area contributed by atoms with Crippen molar-refractivity contribution in [2.75, 3.05) is 13.2 Å². The molecule has 6 N–H and O–H groups in total. The summed E-state index contributed by atoms with van der Waals surface area (Å²) in [5, 5.41) is 50.2. The normalized spacial score (nSPS) is 21.9. The van der Waals surface area contributed by atoms with E-state index >= 15 is 0 Å². The second-order valence-electron chi connectivity index (χ2n) is 17.3. The Balaban J connectivity index is 2.38. The highest BCUT2D eigenvalue weighted by atomic mass is 31.2. The minimum Gasteiger partial charge on any atom is -0.462 e. The van der Waals surface area contributed by atoms with Gasteiger partial charge in [-0.3, -0.25) is 18.6 Å². The lowest BCUT2D eigenvalue weighted by Crippen LogP contribution is -2.64. The summed E-state index contributed by atoms with van der Waals surface area (Å²) in [7, 11) is -5.13. The molecule has 0 amide bonds. The van der Waals surface area contributed by atoms with Crippen LogP contribution < -0.4 is 0 Å². The highest BCUT2D eigenvalue weighted by Crippen LogP contribution is 2.47. The van der Waals surface area contributed by atoms with E-state index in [1.165, 1.54) is 89.9 Å². The molecule has 0 bridgehead atoms. The van der Waals surface area contributed by atoms with Gasteiger partial charge in [0.15, 0.2) is 6.10 Å². The maximum Gasteiger partial charge on any atom is 0.472 e. The van der Waals surface area contributed by atoms with Gasteiger partial charge in [0.25, 0.3) is 0 Å². The number of ether oxygens (including phenoxy) is 2. The fourth-order valence-electron chi connectivity index (χ4n) is 7.46. The summed E-state index contributed by atoms with van der Waals surface area (Å²) in [5.41, 5.74) is 0. The van der Waals surface area contributed by atoms with Crippen molar-refractivity contribution in [3.8, 4) is 0 Å². The third-order valence-corrected chi connectivity index (χ3v) is 12.5. The number of hydrogen-bond acceptors (Lipinski definition) is 12. The van der Waals surface area contributed by atoms with Gasteiger partial charge in [-0.1, -0.05) is 178 Å². The average Bonchev–Trinajstić information content (AvgIpc) is 3.28. The lowest BCUT2D eigenvalue weighted by Gasteiger charge is -2.41. The molecule has 1 saturated carbocycles. The van der Waals surface area contributed by atoms with Gasteiger partial charge in [-0.15, -0.1) is 0 Å². The number of carbonyl (C=O) groups is 2. The van der Waals surface area contributed by atoms with E-state index in [9.17, 15) is 44.6 Å². The number of esters is 2. The van der Waals surface area contributed by atoms with Gasteiger partial charge in [0.2, 0.25) is 0 Å². The molecule has 0 heterocycles. The molecule has 0 spiro atoms. The molecule has 64 heavy (non-hydrogen) atoms. The Bertz CT molecular complexity index is 1300. The summed E-state index contributed by atoms with van der Waals surface area (Å²) in [6.45, 7) is 3.16. The van der Waals surface area contributed by atoms with Crippen LogP contribution in [-0.2, 0) is 32.7 Å². The lowest BCUT2D eigenvalue weighted by atomic mass is 9.85. The smallest absolute Gasteiger partial charge is 0.462 e. The van der Waals surface area contributed by atoms with E-state index < -0.39 is 75.7 Å². The number of carbonyl (C=O) groups excluding carboxylic acids is 2. The second kappa shape index (κ2) is 39.9. The number of allylic oxidation sites excluding steroid dienone is 8. The van der Waals surface area contributed by atoms with Crippen LogP contribution in [0.15, 0.2) is 48.6 Å². The van der Waals surface area contributed by atoms with E-state index in [0.717, 1.165) is 70.6 Å². The van der Waals surface area contributed by atoms with Crippen molar-refractivity contribution in [3.05, 3.63) is 48.6 Å². The Morgan fingerprint density at radius 2 is 0.906 bits per heavy atom. The molecule has 372 valence electrons. The Labute approximate surface area is 386 Å². The number of unbranched alkanes of at least 4 members (excludes halogenated alkanes) is 23. The Hall–Kier alpha value is -2.19. The van der Waals surface area contributed by atoms with Crippen molar-refractivity contribution in [3.63, 3.8) is 0 Å². The van der Waals surface area contributed by atoms with Gasteiger partial charge >= 0.3 is 19.8 Å². The van der Waals surface area contributed by atoms with Gasteiger partial charge in [0.05, 0.1) is 6.61 Å². The first-order chi connectivity index (χ1) is 30.9. The van der Waals surface area contributed by atoms with Gasteiger partial charge in [0.1, 0.15) is 43.2 Å². The summed E-state index contributed by atoms with van der Waals surface area (Å²) < 4.78 is 33.5. The Morgan fingerprint density at radius 1 is 0.500 bits per heavy atom. The predicted molar refractivity (Wildman–Crippen MR) is 253 cm³/mol. The molecule has 0 radical (unpaired) electrons. The van der Waals surface area contributed by atoms with Gasteiger partial charge in [-0.05, 0) is 57.8 Å². The van der Waals surface area contributed by atoms with E-state index in [1.807, 2.05) is 24.3 Å². The van der Waals surface area contributed by atoms with Crippen molar-refractivity contribution in [2.45, 2.75) is 243 Å². The topological polar surface area (TPSA) is 210 Å². The number of phosphoric acid groups is 1. The molecule has 0 aliphatic heterocycles. The van der Waals surface area contributed by atoms with Crippen molar-refractivity contribution in [1.29, 1.82) is 0 Å². The number of phosphoric ester groups is 1. The molecule has 8 atom stereocenters. The average molecular weight is 929 g/mol. The van der Waals surface area contributed by atoms with Crippen molar-refractivity contribution >= 4 is 19.8 Å². The summed E-state index contributed by atoms with van der Waals surface area (Å²) in [6, 6.07) is 0. The number of aliphatic hydroxyl groups excluding tert-OH is 5. The van der Waals surface area contributed by atoms with Gasteiger partial charge < -0.3 is 39.9 Å².